The lowest BCUT2D eigenvalue weighted by molar-refractivity contribution is -0.682. The molecule has 1 atom stereocenters. The number of halogens is 2. The van der Waals surface area contributed by atoms with Crippen LogP contribution in [0.4, 0.5) is 0 Å². The summed E-state index contributed by atoms with van der Waals surface area (Å²) in [6, 6.07) is 15.8. The number of quaternary nitrogens is 1. The van der Waals surface area contributed by atoms with Crippen molar-refractivity contribution in [3.05, 3.63) is 69.2 Å². The maximum Gasteiger partial charge on any atom is 0.275 e. The first-order valence-electron chi connectivity index (χ1n) is 7.15. The van der Waals surface area contributed by atoms with E-state index in [2.05, 4.69) is 34.2 Å². The van der Waals surface area contributed by atoms with Gasteiger partial charge >= 0.3 is 0 Å². The summed E-state index contributed by atoms with van der Waals surface area (Å²) < 4.78 is 1.07. The van der Waals surface area contributed by atoms with Gasteiger partial charge in [0.05, 0.1) is 0 Å². The number of carbonyl (C=O) groups excluding carboxylic acids is 1. The topological polar surface area (TPSA) is 45.7 Å². The minimum atomic E-state index is 0.0129. The van der Waals surface area contributed by atoms with Gasteiger partial charge in [0.15, 0.2) is 6.54 Å². The smallest absolute Gasteiger partial charge is 0.275 e. The molecule has 0 saturated heterocycles. The van der Waals surface area contributed by atoms with Gasteiger partial charge in [-0.1, -0.05) is 57.9 Å². The van der Waals surface area contributed by atoms with Crippen molar-refractivity contribution in [2.24, 2.45) is 0 Å². The standard InChI is InChI=1S/C17H18BrClN2O/c1-12(15-7-2-3-8-16(15)18)20-11-17(22)21-10-13-5-4-6-14(19)9-13/h2-9,12,20H,10-11H2,1H3,(H,21,22)/p+1/t12-/m1/s1. The molecule has 0 aliphatic heterocycles. The van der Waals surface area contributed by atoms with Crippen molar-refractivity contribution in [3.63, 3.8) is 0 Å². The van der Waals surface area contributed by atoms with E-state index < -0.39 is 0 Å². The Balaban J connectivity index is 1.79. The SMILES string of the molecule is C[C@@H]([NH2+]CC(=O)NCc1cccc(Cl)c1)c1ccccc1Br. The zero-order chi connectivity index (χ0) is 15.9. The van der Waals surface area contributed by atoms with Crippen LogP contribution in [0, 0.1) is 0 Å². The normalized spacial score (nSPS) is 12.0. The molecular weight excluding hydrogens is 364 g/mol. The molecule has 22 heavy (non-hydrogen) atoms. The van der Waals surface area contributed by atoms with E-state index in [0.29, 0.717) is 18.1 Å². The van der Waals surface area contributed by atoms with Crippen LogP contribution in [0.3, 0.4) is 0 Å². The molecule has 116 valence electrons. The van der Waals surface area contributed by atoms with Gasteiger partial charge in [0.25, 0.3) is 5.91 Å². The van der Waals surface area contributed by atoms with E-state index in [9.17, 15) is 4.79 Å². The highest BCUT2D eigenvalue weighted by Gasteiger charge is 2.13. The van der Waals surface area contributed by atoms with Crippen LogP contribution in [-0.4, -0.2) is 12.5 Å². The van der Waals surface area contributed by atoms with Gasteiger partial charge in [-0.2, -0.15) is 0 Å². The lowest BCUT2D eigenvalue weighted by atomic mass is 10.1. The quantitative estimate of drug-likeness (QED) is 0.792. The second kappa shape index (κ2) is 8.32. The van der Waals surface area contributed by atoms with Gasteiger partial charge in [-0.05, 0) is 30.7 Å². The fourth-order valence-corrected chi connectivity index (χ4v) is 3.03. The molecule has 0 saturated carbocycles. The van der Waals surface area contributed by atoms with Gasteiger partial charge in [0, 0.05) is 21.6 Å². The average Bonchev–Trinajstić information content (AvgIpc) is 2.51. The second-order valence-electron chi connectivity index (χ2n) is 5.16. The van der Waals surface area contributed by atoms with Gasteiger partial charge in [0.2, 0.25) is 0 Å². The third-order valence-electron chi connectivity index (χ3n) is 3.43. The highest BCUT2D eigenvalue weighted by atomic mass is 79.9. The van der Waals surface area contributed by atoms with Gasteiger partial charge < -0.3 is 10.6 Å². The molecule has 0 heterocycles. The number of hydrogen-bond acceptors (Lipinski definition) is 1. The number of nitrogens with one attached hydrogen (secondary N) is 1. The third-order valence-corrected chi connectivity index (χ3v) is 4.39. The monoisotopic (exact) mass is 381 g/mol. The molecule has 2 aromatic carbocycles. The van der Waals surface area contributed by atoms with Crippen LogP contribution in [0.5, 0.6) is 0 Å². The molecule has 0 aliphatic rings. The van der Waals surface area contributed by atoms with Gasteiger partial charge in [-0.3, -0.25) is 4.79 Å². The van der Waals surface area contributed by atoms with Crippen LogP contribution in [-0.2, 0) is 11.3 Å². The van der Waals surface area contributed by atoms with Crippen LogP contribution < -0.4 is 10.6 Å². The zero-order valence-corrected chi connectivity index (χ0v) is 14.7. The van der Waals surface area contributed by atoms with E-state index >= 15 is 0 Å². The van der Waals surface area contributed by atoms with Crippen LogP contribution in [0.25, 0.3) is 0 Å². The molecule has 2 aromatic rings. The predicted molar refractivity (Wildman–Crippen MR) is 92.6 cm³/mol. The third kappa shape index (κ3) is 5.13. The fourth-order valence-electron chi connectivity index (χ4n) is 2.17. The predicted octanol–water partition coefficient (Wildman–Crippen LogP) is 3.04. The molecule has 2 rings (SSSR count). The number of nitrogens with two attached hydrogens (primary N) is 1. The molecule has 3 N–H and O–H groups in total. The molecule has 0 spiro atoms. The highest BCUT2D eigenvalue weighted by Crippen LogP contribution is 2.20. The summed E-state index contributed by atoms with van der Waals surface area (Å²) in [4.78, 5) is 11.9. The Morgan fingerprint density at radius 1 is 1.27 bits per heavy atom. The van der Waals surface area contributed by atoms with Crippen molar-refractivity contribution >= 4 is 33.4 Å². The molecule has 5 heteroatoms. The van der Waals surface area contributed by atoms with Crippen LogP contribution >= 0.6 is 27.5 Å². The molecule has 0 radical (unpaired) electrons. The molecule has 0 unspecified atom stereocenters. The summed E-state index contributed by atoms with van der Waals surface area (Å²) in [6.07, 6.45) is 0. The Morgan fingerprint density at radius 2 is 2.05 bits per heavy atom. The number of hydrogen-bond donors (Lipinski definition) is 2. The van der Waals surface area contributed by atoms with Crippen LogP contribution in [0.15, 0.2) is 53.0 Å². The summed E-state index contributed by atoms with van der Waals surface area (Å²) in [5.41, 5.74) is 2.19. The molecule has 3 nitrogen and oxygen atoms in total. The Bertz CT molecular complexity index is 648. The van der Waals surface area contributed by atoms with E-state index in [1.807, 2.05) is 47.8 Å². The Morgan fingerprint density at radius 3 is 2.77 bits per heavy atom. The minimum Gasteiger partial charge on any atom is -0.347 e. The lowest BCUT2D eigenvalue weighted by Crippen LogP contribution is -2.87. The summed E-state index contributed by atoms with van der Waals surface area (Å²) in [5, 5.41) is 5.61. The van der Waals surface area contributed by atoms with E-state index in [0.717, 1.165) is 10.0 Å². The summed E-state index contributed by atoms with van der Waals surface area (Å²) in [5.74, 6) is 0.0129. The summed E-state index contributed by atoms with van der Waals surface area (Å²) in [7, 11) is 0. The number of carbonyl (C=O) groups is 1. The lowest BCUT2D eigenvalue weighted by Gasteiger charge is -2.12. The minimum absolute atomic E-state index is 0.0129. The van der Waals surface area contributed by atoms with E-state index in [1.165, 1.54) is 5.56 Å². The first kappa shape index (κ1) is 17.0. The maximum absolute atomic E-state index is 11.9. The molecule has 0 bridgehead atoms. The molecular formula is C17H19BrClN2O+. The molecule has 0 aliphatic carbocycles. The largest absolute Gasteiger partial charge is 0.347 e. The zero-order valence-electron chi connectivity index (χ0n) is 12.4. The Labute approximate surface area is 144 Å². The first-order chi connectivity index (χ1) is 10.6. The second-order valence-corrected chi connectivity index (χ2v) is 6.45. The number of rotatable bonds is 6. The molecule has 1 amide bonds. The van der Waals surface area contributed by atoms with Gasteiger partial charge in [-0.25, -0.2) is 0 Å². The van der Waals surface area contributed by atoms with E-state index in [1.54, 1.807) is 0 Å². The summed E-state index contributed by atoms with van der Waals surface area (Å²) in [6.45, 7) is 2.98. The van der Waals surface area contributed by atoms with E-state index in [-0.39, 0.29) is 11.9 Å². The molecule has 0 aromatic heterocycles. The van der Waals surface area contributed by atoms with Crippen LogP contribution in [0.2, 0.25) is 5.02 Å². The van der Waals surface area contributed by atoms with E-state index in [4.69, 9.17) is 11.6 Å². The highest BCUT2D eigenvalue weighted by molar-refractivity contribution is 9.10. The van der Waals surface area contributed by atoms with Crippen molar-refractivity contribution in [2.75, 3.05) is 6.54 Å². The summed E-state index contributed by atoms with van der Waals surface area (Å²) >= 11 is 9.46. The first-order valence-corrected chi connectivity index (χ1v) is 8.32. The van der Waals surface area contributed by atoms with Gasteiger partial charge in [-0.15, -0.1) is 0 Å². The maximum atomic E-state index is 11.9. The molecule has 0 fully saturated rings. The number of amides is 1. The van der Waals surface area contributed by atoms with Crippen molar-refractivity contribution in [1.82, 2.24) is 5.32 Å². The van der Waals surface area contributed by atoms with Crippen molar-refractivity contribution < 1.29 is 10.1 Å². The van der Waals surface area contributed by atoms with Crippen molar-refractivity contribution in [1.29, 1.82) is 0 Å². The van der Waals surface area contributed by atoms with Crippen LogP contribution in [0.1, 0.15) is 24.1 Å². The van der Waals surface area contributed by atoms with Crippen molar-refractivity contribution in [3.8, 4) is 0 Å². The Kier molecular flexibility index (Phi) is 6.43. The average molecular weight is 383 g/mol. The number of benzene rings is 2. The van der Waals surface area contributed by atoms with Crippen molar-refractivity contribution in [2.45, 2.75) is 19.5 Å². The Hall–Kier alpha value is -1.36. The van der Waals surface area contributed by atoms with Gasteiger partial charge in [0.1, 0.15) is 6.04 Å². The fraction of sp³-hybridized carbons (Fsp3) is 0.235.